The number of carbonyl (C=O) groups excluding carboxylic acids is 1. The fraction of sp³-hybridized carbons (Fsp3) is 0.444. The molecule has 5 atom stereocenters. The Hall–Kier alpha value is -2.50. The molecule has 0 bridgehead atoms. The number of ether oxygens (including phenoxy) is 3. The van der Waals surface area contributed by atoms with Gasteiger partial charge in [0.2, 0.25) is 6.29 Å². The molecule has 0 unspecified atom stereocenters. The molecule has 1 aliphatic heterocycles. The fourth-order valence-electron chi connectivity index (χ4n) is 2.81. The third-order valence-electron chi connectivity index (χ3n) is 4.30. The van der Waals surface area contributed by atoms with Crippen LogP contribution in [0.5, 0.6) is 5.75 Å². The first-order chi connectivity index (χ1) is 13.3. The molecule has 1 saturated heterocycles. The summed E-state index contributed by atoms with van der Waals surface area (Å²) in [7, 11) is 0. The third kappa shape index (κ3) is 3.86. The Morgan fingerprint density at radius 3 is 2.57 bits per heavy atom. The van der Waals surface area contributed by atoms with Crippen molar-refractivity contribution in [2.45, 2.75) is 37.6 Å². The van der Waals surface area contributed by atoms with E-state index in [1.54, 1.807) is 6.92 Å². The van der Waals surface area contributed by atoms with Gasteiger partial charge in [0, 0.05) is 11.5 Å². The summed E-state index contributed by atoms with van der Waals surface area (Å²) >= 11 is 0. The van der Waals surface area contributed by atoms with E-state index in [0.29, 0.717) is 5.39 Å². The Kier molecular flexibility index (Phi) is 5.96. The average molecular weight is 396 g/mol. The first kappa shape index (κ1) is 20.2. The molecule has 4 N–H and O–H groups in total. The first-order valence-corrected chi connectivity index (χ1v) is 8.58. The molecule has 1 aliphatic rings. The highest BCUT2D eigenvalue weighted by atomic mass is 16.7. The number of esters is 1. The normalized spacial score (nSPS) is 27.5. The van der Waals surface area contributed by atoms with E-state index in [9.17, 15) is 30.0 Å². The van der Waals surface area contributed by atoms with Crippen LogP contribution in [-0.4, -0.2) is 70.3 Å². The van der Waals surface area contributed by atoms with Gasteiger partial charge in [0.15, 0.2) is 0 Å². The average Bonchev–Trinajstić information content (AvgIpc) is 2.68. The van der Waals surface area contributed by atoms with E-state index in [4.69, 9.17) is 18.6 Å². The van der Waals surface area contributed by atoms with Crippen molar-refractivity contribution in [3.63, 3.8) is 0 Å². The molecule has 2 heterocycles. The number of carbonyl (C=O) groups is 1. The SMILES string of the molecule is CCOC(=O)c1cc2ccc(O[C@@H]3O[C@H](CO)[C@H](O)[C@H](O)[C@H]3O)cc2oc1=O. The number of rotatable bonds is 5. The summed E-state index contributed by atoms with van der Waals surface area (Å²) in [6, 6.07) is 5.66. The Balaban J connectivity index is 1.85. The molecule has 0 radical (unpaired) electrons. The van der Waals surface area contributed by atoms with Crippen LogP contribution in [0.4, 0.5) is 0 Å². The van der Waals surface area contributed by atoms with Crippen molar-refractivity contribution in [1.82, 2.24) is 0 Å². The number of fused-ring (bicyclic) bond motifs is 1. The van der Waals surface area contributed by atoms with Gasteiger partial charge >= 0.3 is 11.6 Å². The predicted octanol–water partition coefficient (Wildman–Crippen LogP) is -0.852. The lowest BCUT2D eigenvalue weighted by Gasteiger charge is -2.39. The molecule has 0 spiro atoms. The molecule has 1 aromatic heterocycles. The van der Waals surface area contributed by atoms with Crippen LogP contribution in [0.2, 0.25) is 0 Å². The molecule has 28 heavy (non-hydrogen) atoms. The van der Waals surface area contributed by atoms with Crippen molar-refractivity contribution in [2.75, 3.05) is 13.2 Å². The minimum atomic E-state index is -1.58. The Bertz CT molecular complexity index is 905. The molecule has 10 heteroatoms. The molecule has 2 aromatic rings. The van der Waals surface area contributed by atoms with Crippen LogP contribution in [0, 0.1) is 0 Å². The zero-order chi connectivity index (χ0) is 20.4. The maximum Gasteiger partial charge on any atom is 0.351 e. The van der Waals surface area contributed by atoms with Gasteiger partial charge in [0.1, 0.15) is 41.3 Å². The maximum absolute atomic E-state index is 12.0. The summed E-state index contributed by atoms with van der Waals surface area (Å²) in [5.41, 5.74) is -1.01. The lowest BCUT2D eigenvalue weighted by Crippen LogP contribution is -2.60. The molecule has 0 amide bonds. The summed E-state index contributed by atoms with van der Waals surface area (Å²) in [5, 5.41) is 39.3. The number of aliphatic hydroxyl groups excluding tert-OH is 4. The highest BCUT2D eigenvalue weighted by Gasteiger charge is 2.44. The van der Waals surface area contributed by atoms with Crippen LogP contribution in [0.15, 0.2) is 33.5 Å². The number of hydrogen-bond acceptors (Lipinski definition) is 10. The molecule has 10 nitrogen and oxygen atoms in total. The van der Waals surface area contributed by atoms with Gasteiger partial charge in [-0.1, -0.05) is 0 Å². The van der Waals surface area contributed by atoms with E-state index < -0.39 is 48.9 Å². The van der Waals surface area contributed by atoms with E-state index >= 15 is 0 Å². The zero-order valence-electron chi connectivity index (χ0n) is 14.8. The van der Waals surface area contributed by atoms with Crippen LogP contribution >= 0.6 is 0 Å². The van der Waals surface area contributed by atoms with Crippen molar-refractivity contribution in [2.24, 2.45) is 0 Å². The predicted molar refractivity (Wildman–Crippen MR) is 92.8 cm³/mol. The molecule has 0 saturated carbocycles. The third-order valence-corrected chi connectivity index (χ3v) is 4.30. The van der Waals surface area contributed by atoms with E-state index in [2.05, 4.69) is 0 Å². The fourth-order valence-corrected chi connectivity index (χ4v) is 2.81. The maximum atomic E-state index is 12.0. The number of hydrogen-bond donors (Lipinski definition) is 4. The van der Waals surface area contributed by atoms with Crippen molar-refractivity contribution in [3.8, 4) is 5.75 Å². The summed E-state index contributed by atoms with van der Waals surface area (Å²) in [6.07, 6.45) is -7.16. The van der Waals surface area contributed by atoms with Crippen LogP contribution < -0.4 is 10.4 Å². The largest absolute Gasteiger partial charge is 0.462 e. The molecule has 3 rings (SSSR count). The van der Waals surface area contributed by atoms with Crippen molar-refractivity contribution in [1.29, 1.82) is 0 Å². The lowest BCUT2D eigenvalue weighted by atomic mass is 9.99. The molecular formula is C18H20O10. The van der Waals surface area contributed by atoms with Crippen LogP contribution in [0.3, 0.4) is 0 Å². The highest BCUT2D eigenvalue weighted by molar-refractivity contribution is 5.93. The molecular weight excluding hydrogens is 376 g/mol. The van der Waals surface area contributed by atoms with Crippen molar-refractivity contribution in [3.05, 3.63) is 40.2 Å². The van der Waals surface area contributed by atoms with Crippen LogP contribution in [0.25, 0.3) is 11.0 Å². The van der Waals surface area contributed by atoms with E-state index in [1.165, 1.54) is 24.3 Å². The smallest absolute Gasteiger partial charge is 0.351 e. The van der Waals surface area contributed by atoms with E-state index in [1.807, 2.05) is 0 Å². The first-order valence-electron chi connectivity index (χ1n) is 8.58. The van der Waals surface area contributed by atoms with Crippen LogP contribution in [0.1, 0.15) is 17.3 Å². The topological polar surface area (TPSA) is 156 Å². The second-order valence-electron chi connectivity index (χ2n) is 6.18. The summed E-state index contributed by atoms with van der Waals surface area (Å²) in [4.78, 5) is 23.8. The van der Waals surface area contributed by atoms with E-state index in [0.717, 1.165) is 0 Å². The summed E-state index contributed by atoms with van der Waals surface area (Å²) in [5.74, 6) is -0.663. The minimum absolute atomic E-state index is 0.111. The van der Waals surface area contributed by atoms with Crippen molar-refractivity contribution >= 4 is 16.9 Å². The lowest BCUT2D eigenvalue weighted by molar-refractivity contribution is -0.277. The monoisotopic (exact) mass is 396 g/mol. The Morgan fingerprint density at radius 2 is 1.89 bits per heavy atom. The van der Waals surface area contributed by atoms with Gasteiger partial charge in [-0.25, -0.2) is 9.59 Å². The van der Waals surface area contributed by atoms with Crippen molar-refractivity contribution < 1.29 is 43.8 Å². The van der Waals surface area contributed by atoms with Gasteiger partial charge in [0.25, 0.3) is 0 Å². The summed E-state index contributed by atoms with van der Waals surface area (Å²) < 4.78 is 20.7. The Labute approximate surface area is 158 Å². The number of aliphatic hydroxyl groups is 4. The quantitative estimate of drug-likeness (QED) is 0.371. The molecule has 0 aliphatic carbocycles. The highest BCUT2D eigenvalue weighted by Crippen LogP contribution is 2.26. The summed E-state index contributed by atoms with van der Waals surface area (Å²) in [6.45, 7) is 1.14. The van der Waals surface area contributed by atoms with Gasteiger partial charge < -0.3 is 39.1 Å². The van der Waals surface area contributed by atoms with Crippen LogP contribution in [-0.2, 0) is 9.47 Å². The second kappa shape index (κ2) is 8.25. The van der Waals surface area contributed by atoms with Gasteiger partial charge in [-0.15, -0.1) is 0 Å². The van der Waals surface area contributed by atoms with Gasteiger partial charge in [-0.3, -0.25) is 0 Å². The Morgan fingerprint density at radius 1 is 1.14 bits per heavy atom. The van der Waals surface area contributed by atoms with Gasteiger partial charge in [-0.2, -0.15) is 0 Å². The standard InChI is InChI=1S/C18H20O10/c1-2-25-16(23)10-5-8-3-4-9(6-11(8)27-17(10)24)26-18-15(22)14(21)13(20)12(7-19)28-18/h3-6,12-15,18-22H,2,7H2,1H3/t12-,13+,14+,15-,18-/m1/s1. The molecule has 1 fully saturated rings. The van der Waals surface area contributed by atoms with E-state index in [-0.39, 0.29) is 23.5 Å². The molecule has 1 aromatic carbocycles. The minimum Gasteiger partial charge on any atom is -0.462 e. The number of benzene rings is 1. The molecule has 152 valence electrons. The second-order valence-corrected chi connectivity index (χ2v) is 6.18. The van der Waals surface area contributed by atoms with Gasteiger partial charge in [0.05, 0.1) is 13.2 Å². The van der Waals surface area contributed by atoms with Gasteiger partial charge in [-0.05, 0) is 25.1 Å². The zero-order valence-corrected chi connectivity index (χ0v) is 14.8.